The van der Waals surface area contributed by atoms with Crippen molar-refractivity contribution in [2.45, 2.75) is 52.5 Å². The number of rotatable bonds is 9. The second-order valence-corrected chi connectivity index (χ2v) is 7.73. The van der Waals surface area contributed by atoms with E-state index < -0.39 is 0 Å². The second kappa shape index (κ2) is 9.54. The number of amides is 1. The highest BCUT2D eigenvalue weighted by molar-refractivity contribution is 5.77. The third-order valence-electron chi connectivity index (χ3n) is 5.24. The maximum absolute atomic E-state index is 11.6. The number of aryl methyl sites for hydroxylation is 1. The van der Waals surface area contributed by atoms with Crippen molar-refractivity contribution in [3.05, 3.63) is 66.0 Å². The third kappa shape index (κ3) is 4.80. The van der Waals surface area contributed by atoms with E-state index >= 15 is 0 Å². The minimum atomic E-state index is 0.0550. The summed E-state index contributed by atoms with van der Waals surface area (Å²) in [7, 11) is 0. The first kappa shape index (κ1) is 20.1. The first-order valence-electron chi connectivity index (χ1n) is 10.4. The van der Waals surface area contributed by atoms with Crippen LogP contribution in [0.3, 0.4) is 0 Å². The standard InChI is InChI=1S/C24H31N3O/c1-18(2)24(28)25-17-11-5-8-16-23-26-21-14-9-10-15-22(21)27(23)19(3)20-12-6-4-7-13-20/h4,6-7,9-10,12-15,18-19H,5,8,11,16-17H2,1-3H3,(H,25,28). The van der Waals surface area contributed by atoms with Gasteiger partial charge in [-0.3, -0.25) is 4.79 Å². The van der Waals surface area contributed by atoms with Crippen molar-refractivity contribution in [2.24, 2.45) is 5.92 Å². The average molecular weight is 378 g/mol. The SMILES string of the molecule is CC(C)C(=O)NCCCCCc1nc2ccccc2n1C(C)c1ccccc1. The molecule has 0 saturated heterocycles. The van der Waals surface area contributed by atoms with Gasteiger partial charge in [0.15, 0.2) is 0 Å². The van der Waals surface area contributed by atoms with Crippen LogP contribution in [-0.2, 0) is 11.2 Å². The molecule has 0 saturated carbocycles. The van der Waals surface area contributed by atoms with Gasteiger partial charge in [0.05, 0.1) is 17.1 Å². The van der Waals surface area contributed by atoms with Gasteiger partial charge in [-0.1, -0.05) is 62.7 Å². The van der Waals surface area contributed by atoms with Gasteiger partial charge in [0.25, 0.3) is 0 Å². The number of unbranched alkanes of at least 4 members (excludes halogenated alkanes) is 2. The van der Waals surface area contributed by atoms with Crippen molar-refractivity contribution >= 4 is 16.9 Å². The van der Waals surface area contributed by atoms with Crippen LogP contribution in [0.15, 0.2) is 54.6 Å². The van der Waals surface area contributed by atoms with E-state index in [1.54, 1.807) is 0 Å². The van der Waals surface area contributed by atoms with Crippen LogP contribution >= 0.6 is 0 Å². The van der Waals surface area contributed by atoms with Gasteiger partial charge in [0.2, 0.25) is 5.91 Å². The van der Waals surface area contributed by atoms with Crippen LogP contribution in [0.2, 0.25) is 0 Å². The third-order valence-corrected chi connectivity index (χ3v) is 5.24. The summed E-state index contributed by atoms with van der Waals surface area (Å²) in [4.78, 5) is 16.5. The highest BCUT2D eigenvalue weighted by atomic mass is 16.1. The molecule has 148 valence electrons. The maximum Gasteiger partial charge on any atom is 0.222 e. The number of carbonyl (C=O) groups excluding carboxylic acids is 1. The van der Waals surface area contributed by atoms with Gasteiger partial charge < -0.3 is 9.88 Å². The van der Waals surface area contributed by atoms with Gasteiger partial charge in [0.1, 0.15) is 5.82 Å². The van der Waals surface area contributed by atoms with Crippen molar-refractivity contribution in [1.29, 1.82) is 0 Å². The molecule has 0 aliphatic carbocycles. The smallest absolute Gasteiger partial charge is 0.222 e. The fourth-order valence-corrected chi connectivity index (χ4v) is 3.58. The molecule has 3 rings (SSSR count). The van der Waals surface area contributed by atoms with E-state index in [9.17, 15) is 4.79 Å². The van der Waals surface area contributed by atoms with E-state index in [2.05, 4.69) is 65.3 Å². The van der Waals surface area contributed by atoms with E-state index in [1.165, 1.54) is 11.1 Å². The van der Waals surface area contributed by atoms with Gasteiger partial charge >= 0.3 is 0 Å². The quantitative estimate of drug-likeness (QED) is 0.525. The molecule has 0 fully saturated rings. The maximum atomic E-state index is 11.6. The summed E-state index contributed by atoms with van der Waals surface area (Å²) in [5.41, 5.74) is 3.55. The number of carbonyl (C=O) groups is 1. The summed E-state index contributed by atoms with van der Waals surface area (Å²) in [5.74, 6) is 1.33. The number of imidazole rings is 1. The predicted octanol–water partition coefficient (Wildman–Crippen LogP) is 5.13. The van der Waals surface area contributed by atoms with Crippen molar-refractivity contribution < 1.29 is 4.79 Å². The molecule has 3 aromatic rings. The zero-order chi connectivity index (χ0) is 19.9. The predicted molar refractivity (Wildman–Crippen MR) is 115 cm³/mol. The molecule has 0 aliphatic heterocycles. The number of fused-ring (bicyclic) bond motifs is 1. The minimum absolute atomic E-state index is 0.0550. The highest BCUT2D eigenvalue weighted by Crippen LogP contribution is 2.26. The van der Waals surface area contributed by atoms with Gasteiger partial charge in [-0.15, -0.1) is 0 Å². The van der Waals surface area contributed by atoms with E-state index in [0.717, 1.165) is 43.6 Å². The lowest BCUT2D eigenvalue weighted by Gasteiger charge is -2.18. The Labute approximate surface area is 168 Å². The Morgan fingerprint density at radius 1 is 0.964 bits per heavy atom. The first-order valence-corrected chi connectivity index (χ1v) is 10.4. The van der Waals surface area contributed by atoms with Crippen LogP contribution in [0.25, 0.3) is 11.0 Å². The molecule has 1 N–H and O–H groups in total. The van der Waals surface area contributed by atoms with Gasteiger partial charge in [-0.25, -0.2) is 4.98 Å². The van der Waals surface area contributed by atoms with Crippen molar-refractivity contribution in [3.8, 4) is 0 Å². The van der Waals surface area contributed by atoms with Crippen LogP contribution in [0.1, 0.15) is 57.5 Å². The Balaban J connectivity index is 1.67. The van der Waals surface area contributed by atoms with Gasteiger partial charge in [-0.05, 0) is 37.5 Å². The second-order valence-electron chi connectivity index (χ2n) is 7.73. The molecule has 0 radical (unpaired) electrons. The molecule has 0 spiro atoms. The fourth-order valence-electron chi connectivity index (χ4n) is 3.58. The van der Waals surface area contributed by atoms with E-state index in [-0.39, 0.29) is 17.9 Å². The number of hydrogen-bond acceptors (Lipinski definition) is 2. The van der Waals surface area contributed by atoms with E-state index in [4.69, 9.17) is 4.98 Å². The van der Waals surface area contributed by atoms with Crippen LogP contribution in [0, 0.1) is 5.92 Å². The summed E-state index contributed by atoms with van der Waals surface area (Å²) in [6, 6.07) is 19.2. The zero-order valence-electron chi connectivity index (χ0n) is 17.2. The molecular formula is C24H31N3O. The summed E-state index contributed by atoms with van der Waals surface area (Å²) in [5, 5.41) is 2.99. The summed E-state index contributed by atoms with van der Waals surface area (Å²) < 4.78 is 2.38. The molecule has 1 heterocycles. The molecule has 1 atom stereocenters. The molecule has 0 aliphatic rings. The molecule has 0 bridgehead atoms. The molecule has 4 heteroatoms. The van der Waals surface area contributed by atoms with Crippen molar-refractivity contribution in [1.82, 2.24) is 14.9 Å². The average Bonchev–Trinajstić information content (AvgIpc) is 3.08. The molecule has 28 heavy (non-hydrogen) atoms. The van der Waals surface area contributed by atoms with Crippen molar-refractivity contribution in [2.75, 3.05) is 6.54 Å². The van der Waals surface area contributed by atoms with Gasteiger partial charge in [-0.2, -0.15) is 0 Å². The Hall–Kier alpha value is -2.62. The fraction of sp³-hybridized carbons (Fsp3) is 0.417. The Bertz CT molecular complexity index is 899. The number of hydrogen-bond donors (Lipinski definition) is 1. The highest BCUT2D eigenvalue weighted by Gasteiger charge is 2.16. The monoisotopic (exact) mass is 377 g/mol. The molecule has 1 aromatic heterocycles. The van der Waals surface area contributed by atoms with E-state index in [0.29, 0.717) is 0 Å². The van der Waals surface area contributed by atoms with Crippen LogP contribution in [-0.4, -0.2) is 22.0 Å². The van der Waals surface area contributed by atoms with Crippen LogP contribution in [0.5, 0.6) is 0 Å². The molecule has 1 amide bonds. The number of para-hydroxylation sites is 2. The number of benzene rings is 2. The zero-order valence-corrected chi connectivity index (χ0v) is 17.2. The molecule has 2 aromatic carbocycles. The lowest BCUT2D eigenvalue weighted by Crippen LogP contribution is -2.28. The number of nitrogens with zero attached hydrogens (tertiary/aromatic N) is 2. The topological polar surface area (TPSA) is 46.9 Å². The number of nitrogens with one attached hydrogen (secondary N) is 1. The van der Waals surface area contributed by atoms with Crippen LogP contribution in [0.4, 0.5) is 0 Å². The Morgan fingerprint density at radius 2 is 1.68 bits per heavy atom. The molecule has 1 unspecified atom stereocenters. The summed E-state index contributed by atoms with van der Waals surface area (Å²) >= 11 is 0. The lowest BCUT2D eigenvalue weighted by atomic mass is 10.1. The van der Waals surface area contributed by atoms with Crippen LogP contribution < -0.4 is 5.32 Å². The number of aromatic nitrogens is 2. The molecule has 4 nitrogen and oxygen atoms in total. The summed E-state index contributed by atoms with van der Waals surface area (Å²) in [6.45, 7) is 6.85. The summed E-state index contributed by atoms with van der Waals surface area (Å²) in [6.07, 6.45) is 4.11. The largest absolute Gasteiger partial charge is 0.356 e. The Morgan fingerprint density at radius 3 is 2.43 bits per heavy atom. The van der Waals surface area contributed by atoms with Gasteiger partial charge in [0, 0.05) is 18.9 Å². The first-order chi connectivity index (χ1) is 13.6. The normalized spacial score (nSPS) is 12.4. The Kier molecular flexibility index (Phi) is 6.85. The lowest BCUT2D eigenvalue weighted by molar-refractivity contribution is -0.123. The minimum Gasteiger partial charge on any atom is -0.356 e. The molecular weight excluding hydrogens is 346 g/mol. The van der Waals surface area contributed by atoms with Crippen molar-refractivity contribution in [3.63, 3.8) is 0 Å². The van der Waals surface area contributed by atoms with E-state index in [1.807, 2.05) is 19.9 Å².